The molecule has 7 heteroatoms. The maximum Gasteiger partial charge on any atom is 0.253 e. The maximum absolute atomic E-state index is 13.1. The van der Waals surface area contributed by atoms with Gasteiger partial charge in [-0.1, -0.05) is 0 Å². The summed E-state index contributed by atoms with van der Waals surface area (Å²) < 4.78 is 13.1. The van der Waals surface area contributed by atoms with Crippen LogP contribution in [0.1, 0.15) is 28.8 Å². The first-order valence-electron chi connectivity index (χ1n) is 7.26. The van der Waals surface area contributed by atoms with Crippen molar-refractivity contribution in [3.8, 4) is 0 Å². The summed E-state index contributed by atoms with van der Waals surface area (Å²) in [5, 5.41) is 2.68. The van der Waals surface area contributed by atoms with Crippen LogP contribution in [0.25, 0.3) is 0 Å². The van der Waals surface area contributed by atoms with Gasteiger partial charge in [-0.2, -0.15) is 0 Å². The average Bonchev–Trinajstić information content (AvgIpc) is 2.99. The Bertz CT molecular complexity index is 750. The molecule has 0 radical (unpaired) electrons. The second kappa shape index (κ2) is 6.51. The van der Waals surface area contributed by atoms with Crippen LogP contribution < -0.4 is 10.2 Å². The van der Waals surface area contributed by atoms with E-state index in [9.17, 15) is 14.0 Å². The Labute approximate surface area is 132 Å². The summed E-state index contributed by atoms with van der Waals surface area (Å²) in [5.74, 6) is -0.896. The van der Waals surface area contributed by atoms with Gasteiger partial charge >= 0.3 is 0 Å². The van der Waals surface area contributed by atoms with Gasteiger partial charge in [0, 0.05) is 31.9 Å². The minimum atomic E-state index is -0.561. The molecular formula is C16H15FN4O2. The number of aromatic nitrogens is 2. The number of carbonyl (C=O) groups excluding carboxylic acids is 2. The molecular weight excluding hydrogens is 299 g/mol. The van der Waals surface area contributed by atoms with Gasteiger partial charge < -0.3 is 10.2 Å². The van der Waals surface area contributed by atoms with Crippen molar-refractivity contribution < 1.29 is 14.0 Å². The van der Waals surface area contributed by atoms with Gasteiger partial charge in [0.15, 0.2) is 0 Å². The van der Waals surface area contributed by atoms with Crippen LogP contribution in [0.15, 0.2) is 36.9 Å². The van der Waals surface area contributed by atoms with Gasteiger partial charge in [-0.3, -0.25) is 19.6 Å². The molecule has 0 atom stereocenters. The fourth-order valence-corrected chi connectivity index (χ4v) is 2.46. The van der Waals surface area contributed by atoms with E-state index < -0.39 is 11.7 Å². The molecule has 1 saturated heterocycles. The predicted molar refractivity (Wildman–Crippen MR) is 81.2 cm³/mol. The number of nitrogens with one attached hydrogen (secondary N) is 1. The van der Waals surface area contributed by atoms with Crippen LogP contribution in [0, 0.1) is 5.82 Å². The first-order valence-corrected chi connectivity index (χ1v) is 7.26. The highest BCUT2D eigenvalue weighted by atomic mass is 19.1. The highest BCUT2D eigenvalue weighted by Gasteiger charge is 2.22. The standard InChI is InChI=1S/C16H15FN4O2/c17-13-5-12(8-19-9-13)16(23)20-7-11-4-14(10-18-6-11)21-3-1-2-15(21)22/h4-6,8-10H,1-3,7H2,(H,20,23). The molecule has 1 aliphatic heterocycles. The van der Waals surface area contributed by atoms with E-state index in [-0.39, 0.29) is 18.0 Å². The number of nitrogens with zero attached hydrogens (tertiary/aromatic N) is 3. The molecule has 6 nitrogen and oxygen atoms in total. The van der Waals surface area contributed by atoms with E-state index in [1.807, 2.05) is 6.07 Å². The minimum Gasteiger partial charge on any atom is -0.348 e. The fourth-order valence-electron chi connectivity index (χ4n) is 2.46. The minimum absolute atomic E-state index is 0.0822. The second-order valence-corrected chi connectivity index (χ2v) is 5.27. The molecule has 0 saturated carbocycles. The maximum atomic E-state index is 13.1. The van der Waals surface area contributed by atoms with E-state index in [0.717, 1.165) is 29.9 Å². The molecule has 118 valence electrons. The van der Waals surface area contributed by atoms with Gasteiger partial charge in [0.2, 0.25) is 5.91 Å². The van der Waals surface area contributed by atoms with Crippen LogP contribution in [0.2, 0.25) is 0 Å². The number of anilines is 1. The number of hydrogen-bond acceptors (Lipinski definition) is 4. The molecule has 2 aromatic heterocycles. The summed E-state index contributed by atoms with van der Waals surface area (Å²) in [6, 6.07) is 2.94. The van der Waals surface area contributed by atoms with Crippen molar-refractivity contribution in [1.29, 1.82) is 0 Å². The van der Waals surface area contributed by atoms with Crippen molar-refractivity contribution in [1.82, 2.24) is 15.3 Å². The molecule has 0 unspecified atom stereocenters. The lowest BCUT2D eigenvalue weighted by Gasteiger charge is -2.16. The molecule has 2 aromatic rings. The molecule has 1 fully saturated rings. The Morgan fingerprint density at radius 2 is 2.04 bits per heavy atom. The second-order valence-electron chi connectivity index (χ2n) is 5.27. The average molecular weight is 314 g/mol. The molecule has 0 bridgehead atoms. The highest BCUT2D eigenvalue weighted by molar-refractivity contribution is 5.95. The van der Waals surface area contributed by atoms with Gasteiger partial charge in [0.1, 0.15) is 5.82 Å². The summed E-state index contributed by atoms with van der Waals surface area (Å²) in [7, 11) is 0. The van der Waals surface area contributed by atoms with Crippen LogP contribution in [0.3, 0.4) is 0 Å². The third-order valence-corrected chi connectivity index (χ3v) is 3.59. The number of pyridine rings is 2. The van der Waals surface area contributed by atoms with Gasteiger partial charge in [0.25, 0.3) is 5.91 Å². The van der Waals surface area contributed by atoms with Crippen LogP contribution in [0.5, 0.6) is 0 Å². The van der Waals surface area contributed by atoms with E-state index >= 15 is 0 Å². The van der Waals surface area contributed by atoms with Crippen molar-refractivity contribution in [2.45, 2.75) is 19.4 Å². The van der Waals surface area contributed by atoms with Crippen LogP contribution >= 0.6 is 0 Å². The summed E-state index contributed by atoms with van der Waals surface area (Å²) in [6.07, 6.45) is 6.98. The molecule has 3 rings (SSSR count). The Kier molecular flexibility index (Phi) is 4.27. The third-order valence-electron chi connectivity index (χ3n) is 3.59. The smallest absolute Gasteiger partial charge is 0.253 e. The molecule has 0 spiro atoms. The van der Waals surface area contributed by atoms with Crippen LogP contribution in [0.4, 0.5) is 10.1 Å². The van der Waals surface area contributed by atoms with Crippen molar-refractivity contribution in [2.75, 3.05) is 11.4 Å². The lowest BCUT2D eigenvalue weighted by atomic mass is 10.2. The van der Waals surface area contributed by atoms with E-state index in [0.29, 0.717) is 13.0 Å². The lowest BCUT2D eigenvalue weighted by Crippen LogP contribution is -2.25. The van der Waals surface area contributed by atoms with Crippen LogP contribution in [-0.4, -0.2) is 28.3 Å². The molecule has 23 heavy (non-hydrogen) atoms. The van der Waals surface area contributed by atoms with Crippen molar-refractivity contribution in [3.05, 3.63) is 53.9 Å². The van der Waals surface area contributed by atoms with E-state index in [2.05, 4.69) is 15.3 Å². The van der Waals surface area contributed by atoms with Crippen molar-refractivity contribution in [3.63, 3.8) is 0 Å². The predicted octanol–water partition coefficient (Wildman–Crippen LogP) is 1.67. The topological polar surface area (TPSA) is 75.2 Å². The molecule has 0 aliphatic carbocycles. The molecule has 1 N–H and O–H groups in total. The zero-order valence-electron chi connectivity index (χ0n) is 12.3. The largest absolute Gasteiger partial charge is 0.348 e. The zero-order chi connectivity index (χ0) is 16.2. The number of amides is 2. The summed E-state index contributed by atoms with van der Waals surface area (Å²) in [6.45, 7) is 0.920. The van der Waals surface area contributed by atoms with Gasteiger partial charge in [0.05, 0.1) is 23.6 Å². The molecule has 2 amide bonds. The Morgan fingerprint density at radius 3 is 2.78 bits per heavy atom. The molecule has 1 aliphatic rings. The number of rotatable bonds is 4. The monoisotopic (exact) mass is 314 g/mol. The van der Waals surface area contributed by atoms with Crippen molar-refractivity contribution in [2.24, 2.45) is 0 Å². The van der Waals surface area contributed by atoms with Crippen LogP contribution in [-0.2, 0) is 11.3 Å². The summed E-state index contributed by atoms with van der Waals surface area (Å²) in [5.41, 5.74) is 1.65. The first-order chi connectivity index (χ1) is 11.1. The summed E-state index contributed by atoms with van der Waals surface area (Å²) >= 11 is 0. The van der Waals surface area contributed by atoms with E-state index in [1.54, 1.807) is 17.3 Å². The Balaban J connectivity index is 1.66. The van der Waals surface area contributed by atoms with E-state index in [1.165, 1.54) is 6.20 Å². The van der Waals surface area contributed by atoms with Gasteiger partial charge in [-0.05, 0) is 24.1 Å². The number of carbonyl (C=O) groups is 2. The first kappa shape index (κ1) is 15.1. The number of hydrogen-bond donors (Lipinski definition) is 1. The lowest BCUT2D eigenvalue weighted by molar-refractivity contribution is -0.117. The zero-order valence-corrected chi connectivity index (χ0v) is 12.3. The van der Waals surface area contributed by atoms with Gasteiger partial charge in [-0.15, -0.1) is 0 Å². The quantitative estimate of drug-likeness (QED) is 0.931. The van der Waals surface area contributed by atoms with E-state index in [4.69, 9.17) is 0 Å². The van der Waals surface area contributed by atoms with Crippen molar-refractivity contribution >= 4 is 17.5 Å². The fraction of sp³-hybridized carbons (Fsp3) is 0.250. The Morgan fingerprint density at radius 1 is 1.22 bits per heavy atom. The highest BCUT2D eigenvalue weighted by Crippen LogP contribution is 2.21. The SMILES string of the molecule is O=C(NCc1cncc(N2CCCC2=O)c1)c1cncc(F)c1. The van der Waals surface area contributed by atoms with Gasteiger partial charge in [-0.25, -0.2) is 4.39 Å². The molecule has 3 heterocycles. The third kappa shape index (κ3) is 3.50. The molecule has 0 aromatic carbocycles. The Hall–Kier alpha value is -2.83. The summed E-state index contributed by atoms with van der Waals surface area (Å²) in [4.78, 5) is 33.2. The number of halogens is 1. The normalized spacial score (nSPS) is 14.1.